The van der Waals surface area contributed by atoms with Crippen molar-refractivity contribution >= 4 is 23.0 Å². The quantitative estimate of drug-likeness (QED) is 0.554. The molecule has 182 valence electrons. The number of alkyl halides is 3. The van der Waals surface area contributed by atoms with E-state index >= 15 is 0 Å². The van der Waals surface area contributed by atoms with Gasteiger partial charge in [0.05, 0.1) is 30.7 Å². The van der Waals surface area contributed by atoms with Gasteiger partial charge in [0.25, 0.3) is 0 Å². The van der Waals surface area contributed by atoms with Crippen LogP contribution >= 0.6 is 0 Å². The molecule has 3 aromatic rings. The fourth-order valence-corrected chi connectivity index (χ4v) is 5.05. The molecule has 3 heterocycles. The Labute approximate surface area is 201 Å². The molecule has 2 atom stereocenters. The third-order valence-electron chi connectivity index (χ3n) is 6.78. The third-order valence-corrected chi connectivity index (χ3v) is 6.78. The average Bonchev–Trinajstić information content (AvgIpc) is 2.96. The van der Waals surface area contributed by atoms with Crippen LogP contribution in [0.2, 0.25) is 0 Å². The van der Waals surface area contributed by atoms with Gasteiger partial charge >= 0.3 is 12.1 Å². The molecule has 2 aliphatic rings. The number of carbonyl (C=O) groups excluding carboxylic acids is 1. The topological polar surface area (TPSA) is 57.7 Å². The molecule has 2 aliphatic heterocycles. The second-order valence-corrected chi connectivity index (χ2v) is 8.84. The summed E-state index contributed by atoms with van der Waals surface area (Å²) in [6, 6.07) is 15.3. The Morgan fingerprint density at radius 1 is 1.06 bits per heavy atom. The van der Waals surface area contributed by atoms with E-state index in [1.54, 1.807) is 19.5 Å². The number of methoxy groups -OCH3 is 1. The lowest BCUT2D eigenvalue weighted by Gasteiger charge is -2.41. The normalized spacial score (nSPS) is 19.2. The molecule has 5 rings (SSSR count). The number of nitrogens with one attached hydrogen (secondary N) is 1. The number of halogens is 3. The van der Waals surface area contributed by atoms with Gasteiger partial charge in [0.1, 0.15) is 5.75 Å². The monoisotopic (exact) mass is 482 g/mol. The van der Waals surface area contributed by atoms with Gasteiger partial charge in [0.15, 0.2) is 0 Å². The van der Waals surface area contributed by atoms with Crippen molar-refractivity contribution in [1.29, 1.82) is 0 Å². The summed E-state index contributed by atoms with van der Waals surface area (Å²) in [4.78, 5) is 20.2. The maximum atomic E-state index is 12.9. The summed E-state index contributed by atoms with van der Waals surface area (Å²) in [5, 5.41) is 2.20. The van der Waals surface area contributed by atoms with Gasteiger partial charge in [0.2, 0.25) is 0 Å². The van der Waals surface area contributed by atoms with E-state index in [2.05, 4.69) is 26.2 Å². The zero-order valence-corrected chi connectivity index (χ0v) is 19.3. The van der Waals surface area contributed by atoms with Crippen LogP contribution in [0.5, 0.6) is 5.75 Å². The van der Waals surface area contributed by atoms with Crippen molar-refractivity contribution in [1.82, 2.24) is 10.3 Å². The number of carbonyl (C=O) groups is 1. The number of hydrogen-bond donors (Lipinski definition) is 1. The molecule has 0 bridgehead atoms. The first-order valence-corrected chi connectivity index (χ1v) is 11.4. The summed E-state index contributed by atoms with van der Waals surface area (Å²) in [5.41, 5.74) is 5.87. The van der Waals surface area contributed by atoms with Crippen molar-refractivity contribution in [2.75, 3.05) is 30.5 Å². The van der Waals surface area contributed by atoms with Crippen molar-refractivity contribution in [3.05, 3.63) is 66.5 Å². The van der Waals surface area contributed by atoms with Gasteiger partial charge in [0, 0.05) is 37.1 Å². The second kappa shape index (κ2) is 8.79. The lowest BCUT2D eigenvalue weighted by molar-refractivity contribution is -0.174. The van der Waals surface area contributed by atoms with Crippen molar-refractivity contribution < 1.29 is 22.7 Å². The molecule has 9 heteroatoms. The molecule has 35 heavy (non-hydrogen) atoms. The largest absolute Gasteiger partial charge is 0.495 e. The van der Waals surface area contributed by atoms with Gasteiger partial charge < -0.3 is 19.9 Å². The van der Waals surface area contributed by atoms with E-state index in [-0.39, 0.29) is 6.04 Å². The van der Waals surface area contributed by atoms with E-state index in [9.17, 15) is 18.0 Å². The van der Waals surface area contributed by atoms with Crippen molar-refractivity contribution in [2.45, 2.75) is 31.1 Å². The van der Waals surface area contributed by atoms with E-state index in [1.165, 1.54) is 0 Å². The number of pyridine rings is 1. The van der Waals surface area contributed by atoms with E-state index in [1.807, 2.05) is 49.5 Å². The minimum absolute atomic E-state index is 0.175. The number of aromatic nitrogens is 1. The van der Waals surface area contributed by atoms with Crippen LogP contribution in [-0.2, 0) is 4.79 Å². The average molecular weight is 483 g/mol. The summed E-state index contributed by atoms with van der Waals surface area (Å²) in [5.74, 6) is -1.22. The van der Waals surface area contributed by atoms with Gasteiger partial charge in [-0.15, -0.1) is 0 Å². The molecule has 0 aliphatic carbocycles. The van der Waals surface area contributed by atoms with Crippen LogP contribution in [0.1, 0.15) is 24.4 Å². The molecule has 1 aromatic heterocycles. The van der Waals surface area contributed by atoms with E-state index in [0.29, 0.717) is 25.1 Å². The number of nitrogens with zero attached hydrogens (tertiary/aromatic N) is 3. The molecule has 2 aromatic carbocycles. The van der Waals surface area contributed by atoms with Crippen molar-refractivity contribution in [3.8, 4) is 16.9 Å². The molecule has 1 amide bonds. The fourth-order valence-electron chi connectivity index (χ4n) is 5.05. The molecule has 1 saturated heterocycles. The van der Waals surface area contributed by atoms with Crippen LogP contribution in [0.15, 0.2) is 60.9 Å². The van der Waals surface area contributed by atoms with E-state index in [4.69, 9.17) is 4.74 Å². The number of ether oxygens (including phenoxy) is 1. The summed E-state index contributed by atoms with van der Waals surface area (Å²) in [7, 11) is 3.59. The lowest BCUT2D eigenvalue weighted by atomic mass is 9.90. The van der Waals surface area contributed by atoms with E-state index in [0.717, 1.165) is 33.8 Å². The van der Waals surface area contributed by atoms with E-state index < -0.39 is 18.1 Å². The van der Waals surface area contributed by atoms with Crippen LogP contribution in [0.4, 0.5) is 30.2 Å². The van der Waals surface area contributed by atoms with Gasteiger partial charge in [-0.1, -0.05) is 24.3 Å². The summed E-state index contributed by atoms with van der Waals surface area (Å²) in [6.07, 6.45) is -0.649. The fraction of sp³-hybridized carbons (Fsp3) is 0.308. The van der Waals surface area contributed by atoms with Gasteiger partial charge in [-0.2, -0.15) is 13.2 Å². The minimum Gasteiger partial charge on any atom is -0.495 e. The van der Waals surface area contributed by atoms with Crippen LogP contribution in [-0.4, -0.2) is 43.8 Å². The highest BCUT2D eigenvalue weighted by molar-refractivity contribution is 5.86. The molecular formula is C26H25F3N4O2. The molecule has 0 saturated carbocycles. The molecule has 0 radical (unpaired) electrons. The summed E-state index contributed by atoms with van der Waals surface area (Å²) < 4.78 is 43.9. The summed E-state index contributed by atoms with van der Waals surface area (Å²) in [6.45, 7) is 0.517. The lowest BCUT2D eigenvalue weighted by Crippen LogP contribution is -2.49. The van der Waals surface area contributed by atoms with Crippen LogP contribution in [0.25, 0.3) is 11.1 Å². The third kappa shape index (κ3) is 4.26. The number of anilines is 3. The zero-order chi connectivity index (χ0) is 24.7. The van der Waals surface area contributed by atoms with Crippen LogP contribution < -0.4 is 19.9 Å². The predicted octanol–water partition coefficient (Wildman–Crippen LogP) is 5.23. The Morgan fingerprint density at radius 3 is 2.63 bits per heavy atom. The first kappa shape index (κ1) is 23.0. The molecule has 0 spiro atoms. The van der Waals surface area contributed by atoms with Crippen LogP contribution in [0, 0.1) is 0 Å². The van der Waals surface area contributed by atoms with Crippen LogP contribution in [0.3, 0.4) is 0 Å². The van der Waals surface area contributed by atoms with Gasteiger partial charge in [-0.05, 0) is 48.2 Å². The first-order valence-electron chi connectivity index (χ1n) is 11.4. The van der Waals surface area contributed by atoms with Crippen molar-refractivity contribution in [2.24, 2.45) is 0 Å². The summed E-state index contributed by atoms with van der Waals surface area (Å²) >= 11 is 0. The highest BCUT2D eigenvalue weighted by Gasteiger charge is 2.42. The number of hydrogen-bond acceptors (Lipinski definition) is 5. The number of piperidine rings is 1. The Balaban J connectivity index is 1.55. The Bertz CT molecular complexity index is 1260. The smallest absolute Gasteiger partial charge is 0.471 e. The Morgan fingerprint density at radius 2 is 1.86 bits per heavy atom. The van der Waals surface area contributed by atoms with Gasteiger partial charge in [-0.3, -0.25) is 9.78 Å². The molecule has 1 N–H and O–H groups in total. The van der Waals surface area contributed by atoms with Crippen molar-refractivity contribution in [3.63, 3.8) is 0 Å². The highest BCUT2D eigenvalue weighted by atomic mass is 19.4. The molecular weight excluding hydrogens is 457 g/mol. The molecule has 0 unspecified atom stereocenters. The number of rotatable bonds is 3. The SMILES string of the molecule is COc1cncc(-c2ccc3c(c2)N(C)c2ccccc2[C@H]2C[C@H](NC(=O)C(F)(F)F)CCN32)c1. The zero-order valence-electron chi connectivity index (χ0n) is 19.3. The first-order chi connectivity index (χ1) is 16.8. The maximum Gasteiger partial charge on any atom is 0.471 e. The standard InChI is InChI=1S/C26H25F3N4O2/c1-32-21-6-4-3-5-20(21)23-13-18(31-25(34)26(27,28)29)9-10-33(23)22-8-7-16(12-24(22)32)17-11-19(35-2)15-30-14-17/h3-8,11-12,14-15,18,23H,9-10,13H2,1-2H3,(H,31,34)/t18-,23-/m1/s1. The predicted molar refractivity (Wildman–Crippen MR) is 128 cm³/mol. The Hall–Kier alpha value is -3.75. The molecule has 6 nitrogen and oxygen atoms in total. The minimum atomic E-state index is -4.89. The maximum absolute atomic E-state index is 12.9. The number of benzene rings is 2. The number of fused-ring (bicyclic) bond motifs is 5. The Kier molecular flexibility index (Phi) is 5.78. The number of para-hydroxylation sites is 1. The highest BCUT2D eigenvalue weighted by Crippen LogP contribution is 2.48. The van der Waals surface area contributed by atoms with Gasteiger partial charge in [-0.25, -0.2) is 0 Å². The second-order valence-electron chi connectivity index (χ2n) is 8.84. The molecule has 1 fully saturated rings. The number of amides is 1.